The first-order valence-electron chi connectivity index (χ1n) is 7.17. The third-order valence-corrected chi connectivity index (χ3v) is 6.07. The lowest BCUT2D eigenvalue weighted by Gasteiger charge is -2.35. The highest BCUT2D eigenvalue weighted by molar-refractivity contribution is 7.89. The largest absolute Gasteiger partial charge is 0.480 e. The van der Waals surface area contributed by atoms with Crippen LogP contribution >= 0.6 is 0 Å². The van der Waals surface area contributed by atoms with Crippen LogP contribution in [0.3, 0.4) is 0 Å². The van der Waals surface area contributed by atoms with E-state index in [2.05, 4.69) is 0 Å². The molecule has 1 N–H and O–H groups in total. The van der Waals surface area contributed by atoms with Gasteiger partial charge in [0.05, 0.1) is 4.90 Å². The molecule has 1 aliphatic rings. The zero-order valence-corrected chi connectivity index (χ0v) is 13.1. The maximum absolute atomic E-state index is 12.7. The Morgan fingerprint density at radius 2 is 1.95 bits per heavy atom. The van der Waals surface area contributed by atoms with E-state index in [1.807, 2.05) is 13.8 Å². The third kappa shape index (κ3) is 3.27. The molecule has 0 amide bonds. The summed E-state index contributed by atoms with van der Waals surface area (Å²) in [5, 5.41) is 9.37. The second kappa shape index (κ2) is 6.15. The molecule has 0 aliphatic carbocycles. The molecule has 0 bridgehead atoms. The van der Waals surface area contributed by atoms with E-state index in [1.165, 1.54) is 12.1 Å². The summed E-state index contributed by atoms with van der Waals surface area (Å²) in [7, 11) is -3.75. The van der Waals surface area contributed by atoms with Crippen LogP contribution in [0.2, 0.25) is 0 Å². The number of piperidine rings is 1. The summed E-state index contributed by atoms with van der Waals surface area (Å²) in [5.41, 5.74) is 0.966. The average Bonchev–Trinajstić information content (AvgIpc) is 2.47. The molecule has 1 aromatic carbocycles. The molecule has 1 fully saturated rings. The Bertz CT molecular complexity index is 609. The molecule has 21 heavy (non-hydrogen) atoms. The lowest BCUT2D eigenvalue weighted by molar-refractivity contribution is -0.143. The molecule has 5 nitrogen and oxygen atoms in total. The van der Waals surface area contributed by atoms with Crippen LogP contribution < -0.4 is 0 Å². The minimum atomic E-state index is -3.75. The predicted molar refractivity (Wildman–Crippen MR) is 79.5 cm³/mol. The van der Waals surface area contributed by atoms with Gasteiger partial charge in [-0.25, -0.2) is 8.42 Å². The van der Waals surface area contributed by atoms with E-state index in [-0.39, 0.29) is 17.4 Å². The summed E-state index contributed by atoms with van der Waals surface area (Å²) in [6.07, 6.45) is 1.98. The third-order valence-electron chi connectivity index (χ3n) is 4.15. The first-order valence-corrected chi connectivity index (χ1v) is 8.61. The van der Waals surface area contributed by atoms with Crippen LogP contribution in [0.15, 0.2) is 29.2 Å². The van der Waals surface area contributed by atoms with Crippen molar-refractivity contribution in [1.29, 1.82) is 0 Å². The molecule has 1 aromatic rings. The normalized spacial score (nSPS) is 23.9. The van der Waals surface area contributed by atoms with E-state index in [9.17, 15) is 18.3 Å². The number of carboxylic acids is 1. The molecule has 6 heteroatoms. The van der Waals surface area contributed by atoms with E-state index in [1.54, 1.807) is 12.1 Å². The highest BCUT2D eigenvalue weighted by Gasteiger charge is 2.40. The van der Waals surface area contributed by atoms with Gasteiger partial charge in [0, 0.05) is 6.54 Å². The van der Waals surface area contributed by atoms with Crippen molar-refractivity contribution in [2.45, 2.75) is 44.0 Å². The Labute approximate surface area is 125 Å². The SMILES string of the molecule is CCC1CCN(S(=O)(=O)c2ccc(C)cc2)C(C(=O)O)C1. The molecule has 2 atom stereocenters. The number of sulfonamides is 1. The van der Waals surface area contributed by atoms with E-state index >= 15 is 0 Å². The predicted octanol–water partition coefficient (Wildman–Crippen LogP) is 2.26. The van der Waals surface area contributed by atoms with Crippen molar-refractivity contribution in [2.75, 3.05) is 6.54 Å². The highest BCUT2D eigenvalue weighted by atomic mass is 32.2. The lowest BCUT2D eigenvalue weighted by Crippen LogP contribution is -2.49. The molecule has 1 saturated heterocycles. The Morgan fingerprint density at radius 1 is 1.33 bits per heavy atom. The van der Waals surface area contributed by atoms with E-state index < -0.39 is 22.0 Å². The minimum absolute atomic E-state index is 0.161. The first kappa shape index (κ1) is 16.0. The topological polar surface area (TPSA) is 74.7 Å². The molecule has 1 aliphatic heterocycles. The summed E-state index contributed by atoms with van der Waals surface area (Å²) in [4.78, 5) is 11.6. The molecule has 0 aromatic heterocycles. The Kier molecular flexibility index (Phi) is 4.68. The molecule has 0 saturated carbocycles. The zero-order chi connectivity index (χ0) is 15.6. The highest BCUT2D eigenvalue weighted by Crippen LogP contribution is 2.30. The molecule has 0 spiro atoms. The number of rotatable bonds is 4. The molecule has 116 valence electrons. The second-order valence-electron chi connectivity index (χ2n) is 5.58. The van der Waals surface area contributed by atoms with Gasteiger partial charge < -0.3 is 5.11 Å². The lowest BCUT2D eigenvalue weighted by atomic mass is 9.90. The second-order valence-corrected chi connectivity index (χ2v) is 7.47. The molecule has 2 rings (SSSR count). The van der Waals surface area contributed by atoms with Gasteiger partial charge in [-0.15, -0.1) is 0 Å². The number of benzene rings is 1. The number of carboxylic acid groups (broad SMARTS) is 1. The summed E-state index contributed by atoms with van der Waals surface area (Å²) in [6, 6.07) is 5.56. The molecular formula is C15H21NO4S. The van der Waals surface area contributed by atoms with Gasteiger partial charge in [0.25, 0.3) is 0 Å². The van der Waals surface area contributed by atoms with Crippen molar-refractivity contribution in [3.05, 3.63) is 29.8 Å². The van der Waals surface area contributed by atoms with Crippen LogP contribution in [0.5, 0.6) is 0 Å². The fourth-order valence-corrected chi connectivity index (χ4v) is 4.35. The van der Waals surface area contributed by atoms with Crippen LogP contribution in [0.4, 0.5) is 0 Å². The number of hydrogen-bond acceptors (Lipinski definition) is 3. The quantitative estimate of drug-likeness (QED) is 0.925. The standard InChI is InChI=1S/C15H21NO4S/c1-3-12-8-9-16(14(10-12)15(17)18)21(19,20)13-6-4-11(2)5-7-13/h4-7,12,14H,3,8-10H2,1-2H3,(H,17,18). The van der Waals surface area contributed by atoms with Crippen LogP contribution in [-0.4, -0.2) is 36.4 Å². The van der Waals surface area contributed by atoms with E-state index in [4.69, 9.17) is 0 Å². The molecule has 2 unspecified atom stereocenters. The van der Waals surface area contributed by atoms with Crippen molar-refractivity contribution in [3.63, 3.8) is 0 Å². The molecule has 0 radical (unpaired) electrons. The monoisotopic (exact) mass is 311 g/mol. The number of nitrogens with zero attached hydrogens (tertiary/aromatic N) is 1. The van der Waals surface area contributed by atoms with Crippen molar-refractivity contribution >= 4 is 16.0 Å². The van der Waals surface area contributed by atoms with Gasteiger partial charge in [-0.3, -0.25) is 4.79 Å². The van der Waals surface area contributed by atoms with Gasteiger partial charge >= 0.3 is 5.97 Å². The molecule has 1 heterocycles. The van der Waals surface area contributed by atoms with Crippen molar-refractivity contribution in [2.24, 2.45) is 5.92 Å². The van der Waals surface area contributed by atoms with Gasteiger partial charge in [0.2, 0.25) is 10.0 Å². The van der Waals surface area contributed by atoms with Crippen LogP contribution in [0, 0.1) is 12.8 Å². The fraction of sp³-hybridized carbons (Fsp3) is 0.533. The van der Waals surface area contributed by atoms with Gasteiger partial charge in [0.15, 0.2) is 0 Å². The van der Waals surface area contributed by atoms with Crippen molar-refractivity contribution in [1.82, 2.24) is 4.31 Å². The maximum atomic E-state index is 12.7. The fourth-order valence-electron chi connectivity index (χ4n) is 2.74. The summed E-state index contributed by atoms with van der Waals surface area (Å²) in [6.45, 7) is 4.16. The van der Waals surface area contributed by atoms with Gasteiger partial charge in [-0.2, -0.15) is 4.31 Å². The van der Waals surface area contributed by atoms with Gasteiger partial charge in [-0.1, -0.05) is 31.0 Å². The number of aliphatic carboxylic acids is 1. The average molecular weight is 311 g/mol. The Hall–Kier alpha value is -1.40. The van der Waals surface area contributed by atoms with Crippen LogP contribution in [-0.2, 0) is 14.8 Å². The number of aryl methyl sites for hydroxylation is 1. The minimum Gasteiger partial charge on any atom is -0.480 e. The van der Waals surface area contributed by atoms with Gasteiger partial charge in [-0.05, 0) is 37.8 Å². The summed E-state index contributed by atoms with van der Waals surface area (Å²) in [5.74, 6) is -0.792. The van der Waals surface area contributed by atoms with Gasteiger partial charge in [0.1, 0.15) is 6.04 Å². The zero-order valence-electron chi connectivity index (χ0n) is 12.3. The molecular weight excluding hydrogens is 290 g/mol. The Balaban J connectivity index is 2.33. The summed E-state index contributed by atoms with van der Waals surface area (Å²) < 4.78 is 26.5. The number of hydrogen-bond donors (Lipinski definition) is 1. The maximum Gasteiger partial charge on any atom is 0.322 e. The Morgan fingerprint density at radius 3 is 2.48 bits per heavy atom. The summed E-state index contributed by atoms with van der Waals surface area (Å²) >= 11 is 0. The van der Waals surface area contributed by atoms with Crippen LogP contribution in [0.25, 0.3) is 0 Å². The number of carbonyl (C=O) groups is 1. The smallest absolute Gasteiger partial charge is 0.322 e. The first-order chi connectivity index (χ1) is 9.86. The van der Waals surface area contributed by atoms with E-state index in [0.29, 0.717) is 12.8 Å². The van der Waals surface area contributed by atoms with Crippen molar-refractivity contribution in [3.8, 4) is 0 Å². The van der Waals surface area contributed by atoms with E-state index in [0.717, 1.165) is 16.3 Å². The van der Waals surface area contributed by atoms with Crippen molar-refractivity contribution < 1.29 is 18.3 Å². The van der Waals surface area contributed by atoms with Crippen LogP contribution in [0.1, 0.15) is 31.7 Å².